The Labute approximate surface area is 101 Å². The number of hydrogen-bond donors (Lipinski definition) is 1. The second-order valence-electron chi connectivity index (χ2n) is 6.40. The Morgan fingerprint density at radius 3 is 1.75 bits per heavy atom. The van der Waals surface area contributed by atoms with Gasteiger partial charge in [-0.1, -0.05) is 20.8 Å². The molecule has 0 radical (unpaired) electrons. The van der Waals surface area contributed by atoms with E-state index in [0.29, 0.717) is 0 Å². The van der Waals surface area contributed by atoms with E-state index >= 15 is 0 Å². The molecule has 0 fully saturated rings. The molecule has 0 aromatic carbocycles. The van der Waals surface area contributed by atoms with Crippen LogP contribution < -0.4 is 0 Å². The van der Waals surface area contributed by atoms with Crippen molar-refractivity contribution in [2.75, 3.05) is 7.11 Å². The third kappa shape index (κ3) is 4.56. The van der Waals surface area contributed by atoms with Crippen LogP contribution >= 0.6 is 0 Å². The third-order valence-electron chi connectivity index (χ3n) is 3.09. The van der Waals surface area contributed by atoms with Gasteiger partial charge >= 0.3 is 0 Å². The van der Waals surface area contributed by atoms with Gasteiger partial charge in [0.25, 0.3) is 0 Å². The highest BCUT2D eigenvalue weighted by molar-refractivity contribution is 5.06. The number of allylic oxidation sites excluding steroid dienone is 2. The third-order valence-corrected chi connectivity index (χ3v) is 3.09. The topological polar surface area (TPSA) is 29.5 Å². The Kier molecular flexibility index (Phi) is 5.06. The summed E-state index contributed by atoms with van der Waals surface area (Å²) in [6, 6.07) is 0. The van der Waals surface area contributed by atoms with E-state index in [4.69, 9.17) is 4.74 Å². The molecular weight excluding hydrogens is 200 g/mol. The first-order valence-corrected chi connectivity index (χ1v) is 5.93. The minimum Gasteiger partial charge on any atom is -0.501 e. The van der Waals surface area contributed by atoms with Gasteiger partial charge in [-0.2, -0.15) is 0 Å². The molecule has 0 aliphatic carbocycles. The molecule has 0 rings (SSSR count). The molecule has 0 saturated carbocycles. The monoisotopic (exact) mass is 228 g/mol. The van der Waals surface area contributed by atoms with Crippen LogP contribution in [0.15, 0.2) is 11.3 Å². The van der Waals surface area contributed by atoms with Crippen LogP contribution in [-0.2, 0) is 4.74 Å². The fourth-order valence-electron chi connectivity index (χ4n) is 2.29. The lowest BCUT2D eigenvalue weighted by Crippen LogP contribution is -2.40. The SMILES string of the molecule is COC(CC(C(C)(C)C)C(C)(C)O)=C(C)C. The zero-order valence-electron chi connectivity index (χ0n) is 12.1. The summed E-state index contributed by atoms with van der Waals surface area (Å²) in [4.78, 5) is 0. The van der Waals surface area contributed by atoms with E-state index in [-0.39, 0.29) is 11.3 Å². The molecule has 2 nitrogen and oxygen atoms in total. The quantitative estimate of drug-likeness (QED) is 0.743. The molecule has 0 aromatic heterocycles. The number of ether oxygens (including phenoxy) is 1. The lowest BCUT2D eigenvalue weighted by molar-refractivity contribution is -0.0376. The van der Waals surface area contributed by atoms with Crippen LogP contribution in [0.5, 0.6) is 0 Å². The number of rotatable bonds is 4. The van der Waals surface area contributed by atoms with Crippen LogP contribution in [0.1, 0.15) is 54.9 Å². The average Bonchev–Trinajstić information content (AvgIpc) is 1.99. The van der Waals surface area contributed by atoms with Crippen LogP contribution in [0.3, 0.4) is 0 Å². The minimum absolute atomic E-state index is 0.0531. The standard InChI is InChI=1S/C14H28O2/c1-10(2)11(16-8)9-12(13(3,4)5)14(6,7)15/h12,15H,9H2,1-8H3. The molecule has 0 amide bonds. The van der Waals surface area contributed by atoms with E-state index in [0.717, 1.165) is 12.2 Å². The van der Waals surface area contributed by atoms with Gasteiger partial charge in [-0.25, -0.2) is 0 Å². The van der Waals surface area contributed by atoms with Gasteiger partial charge in [0.1, 0.15) is 0 Å². The number of hydrogen-bond acceptors (Lipinski definition) is 2. The smallest absolute Gasteiger partial charge is 0.0945 e. The summed E-state index contributed by atoms with van der Waals surface area (Å²) in [7, 11) is 1.70. The average molecular weight is 228 g/mol. The van der Waals surface area contributed by atoms with Crippen molar-refractivity contribution in [2.24, 2.45) is 11.3 Å². The summed E-state index contributed by atoms with van der Waals surface area (Å²) < 4.78 is 5.40. The van der Waals surface area contributed by atoms with Gasteiger partial charge in [0.05, 0.1) is 18.5 Å². The van der Waals surface area contributed by atoms with E-state index in [1.165, 1.54) is 5.57 Å². The van der Waals surface area contributed by atoms with Crippen molar-refractivity contribution in [3.8, 4) is 0 Å². The zero-order chi connectivity index (χ0) is 13.1. The second-order valence-corrected chi connectivity index (χ2v) is 6.40. The number of aliphatic hydroxyl groups is 1. The molecular formula is C14H28O2. The van der Waals surface area contributed by atoms with Crippen molar-refractivity contribution in [1.82, 2.24) is 0 Å². The lowest BCUT2D eigenvalue weighted by Gasteiger charge is -2.40. The van der Waals surface area contributed by atoms with Gasteiger partial charge in [0, 0.05) is 6.42 Å². The molecule has 0 aliphatic heterocycles. The summed E-state index contributed by atoms with van der Waals surface area (Å²) in [5.74, 6) is 1.16. The Bertz CT molecular complexity index is 233. The van der Waals surface area contributed by atoms with E-state index in [9.17, 15) is 5.11 Å². The van der Waals surface area contributed by atoms with Gasteiger partial charge in [0.15, 0.2) is 0 Å². The summed E-state index contributed by atoms with van der Waals surface area (Å²) in [6.45, 7) is 14.3. The highest BCUT2D eigenvalue weighted by atomic mass is 16.5. The van der Waals surface area contributed by atoms with Crippen LogP contribution in [0, 0.1) is 11.3 Å². The molecule has 0 aromatic rings. The number of methoxy groups -OCH3 is 1. The van der Waals surface area contributed by atoms with Crippen LogP contribution in [0.4, 0.5) is 0 Å². The molecule has 16 heavy (non-hydrogen) atoms. The zero-order valence-corrected chi connectivity index (χ0v) is 12.1. The van der Waals surface area contributed by atoms with Crippen LogP contribution in [0.25, 0.3) is 0 Å². The predicted octanol–water partition coefficient (Wildman–Crippen LogP) is 3.75. The highest BCUT2D eigenvalue weighted by Crippen LogP contribution is 2.39. The molecule has 1 atom stereocenters. The van der Waals surface area contributed by atoms with Crippen LogP contribution in [0.2, 0.25) is 0 Å². The highest BCUT2D eigenvalue weighted by Gasteiger charge is 2.37. The predicted molar refractivity (Wildman–Crippen MR) is 69.2 cm³/mol. The van der Waals surface area contributed by atoms with Crippen molar-refractivity contribution < 1.29 is 9.84 Å². The van der Waals surface area contributed by atoms with E-state index in [2.05, 4.69) is 20.8 Å². The fraction of sp³-hybridized carbons (Fsp3) is 0.857. The molecule has 0 bridgehead atoms. The van der Waals surface area contributed by atoms with Gasteiger partial charge in [-0.3, -0.25) is 0 Å². The van der Waals surface area contributed by atoms with Gasteiger partial charge in [-0.15, -0.1) is 0 Å². The molecule has 2 heteroatoms. The molecule has 0 spiro atoms. The first-order valence-electron chi connectivity index (χ1n) is 5.93. The summed E-state index contributed by atoms with van der Waals surface area (Å²) in [5, 5.41) is 10.3. The Balaban J connectivity index is 5.05. The molecule has 1 unspecified atom stereocenters. The molecule has 0 aliphatic rings. The summed E-state index contributed by atoms with van der Waals surface area (Å²) in [5.41, 5.74) is 0.538. The van der Waals surface area contributed by atoms with Gasteiger partial charge in [0.2, 0.25) is 0 Å². The Morgan fingerprint density at radius 1 is 1.12 bits per heavy atom. The van der Waals surface area contributed by atoms with E-state index in [1.54, 1.807) is 7.11 Å². The maximum absolute atomic E-state index is 10.3. The fourth-order valence-corrected chi connectivity index (χ4v) is 2.29. The molecule has 96 valence electrons. The summed E-state index contributed by atoms with van der Waals surface area (Å²) in [6.07, 6.45) is 0.784. The van der Waals surface area contributed by atoms with Crippen LogP contribution in [-0.4, -0.2) is 17.8 Å². The lowest BCUT2D eigenvalue weighted by atomic mass is 9.70. The summed E-state index contributed by atoms with van der Waals surface area (Å²) >= 11 is 0. The maximum Gasteiger partial charge on any atom is 0.0945 e. The normalized spacial score (nSPS) is 14.6. The van der Waals surface area contributed by atoms with Crippen molar-refractivity contribution in [1.29, 1.82) is 0 Å². The van der Waals surface area contributed by atoms with Gasteiger partial charge < -0.3 is 9.84 Å². The first kappa shape index (κ1) is 15.5. The van der Waals surface area contributed by atoms with Crippen molar-refractivity contribution in [3.63, 3.8) is 0 Å². The van der Waals surface area contributed by atoms with E-state index in [1.807, 2.05) is 27.7 Å². The molecule has 0 heterocycles. The van der Waals surface area contributed by atoms with Crippen molar-refractivity contribution in [3.05, 3.63) is 11.3 Å². The molecule has 1 N–H and O–H groups in total. The second kappa shape index (κ2) is 5.22. The minimum atomic E-state index is -0.697. The first-order chi connectivity index (χ1) is 7.00. The van der Waals surface area contributed by atoms with Gasteiger partial charge in [-0.05, 0) is 44.6 Å². The maximum atomic E-state index is 10.3. The van der Waals surface area contributed by atoms with Crippen molar-refractivity contribution in [2.45, 2.75) is 60.5 Å². The van der Waals surface area contributed by atoms with E-state index < -0.39 is 5.60 Å². The Hall–Kier alpha value is -0.500. The largest absolute Gasteiger partial charge is 0.501 e. The Morgan fingerprint density at radius 2 is 1.56 bits per heavy atom. The molecule has 0 saturated heterocycles. The van der Waals surface area contributed by atoms with Crippen molar-refractivity contribution >= 4 is 0 Å².